The zero-order valence-electron chi connectivity index (χ0n) is 24.2. The van der Waals surface area contributed by atoms with Gasteiger partial charge in [-0.2, -0.15) is 0 Å². The number of hydrogen-bond acceptors (Lipinski definition) is 6. The van der Waals surface area contributed by atoms with Gasteiger partial charge < -0.3 is 14.4 Å². The molecule has 0 amide bonds. The lowest BCUT2D eigenvalue weighted by Gasteiger charge is -2.37. The predicted octanol–water partition coefficient (Wildman–Crippen LogP) is 6.72. The number of carbonyl (C=O) groups is 3. The average molecular weight is 570 g/mol. The Labute approximate surface area is 250 Å². The number of carbonyl (C=O) groups excluding carboxylic acids is 3. The third-order valence-corrected chi connectivity index (χ3v) is 9.14. The molecule has 4 aromatic rings. The van der Waals surface area contributed by atoms with Crippen LogP contribution in [-0.4, -0.2) is 43.2 Å². The van der Waals surface area contributed by atoms with Crippen LogP contribution in [-0.2, 0) is 0 Å². The number of aryl methyl sites for hydroxylation is 1. The van der Waals surface area contributed by atoms with Crippen LogP contribution in [0.4, 0.5) is 5.69 Å². The normalized spacial score (nSPS) is 21.0. The Balaban J connectivity index is 1.56. The second kappa shape index (κ2) is 10.1. The topological polar surface area (TPSA) is 72.9 Å². The van der Waals surface area contributed by atoms with E-state index in [1.807, 2.05) is 67.3 Å². The van der Waals surface area contributed by atoms with Crippen LogP contribution in [0.15, 0.2) is 97.1 Å². The lowest BCUT2D eigenvalue weighted by molar-refractivity contribution is 0.0664. The molecule has 0 saturated carbocycles. The lowest BCUT2D eigenvalue weighted by Crippen LogP contribution is -2.48. The predicted molar refractivity (Wildman–Crippen MR) is 165 cm³/mol. The van der Waals surface area contributed by atoms with Crippen molar-refractivity contribution >= 4 is 29.1 Å². The van der Waals surface area contributed by atoms with Gasteiger partial charge >= 0.3 is 0 Å². The number of Topliss-reactive ketones (excluding diaryl/α,β-unsaturated/α-hetero) is 3. The second-order valence-corrected chi connectivity index (χ2v) is 11.3. The van der Waals surface area contributed by atoms with E-state index in [-0.39, 0.29) is 17.3 Å². The highest BCUT2D eigenvalue weighted by Gasteiger charge is 2.72. The minimum Gasteiger partial charge on any atom is -0.497 e. The van der Waals surface area contributed by atoms with Crippen LogP contribution >= 0.6 is 0 Å². The number of ketones is 3. The van der Waals surface area contributed by atoms with Gasteiger partial charge in [0, 0.05) is 33.9 Å². The van der Waals surface area contributed by atoms with Crippen LogP contribution in [0, 0.1) is 12.3 Å². The summed E-state index contributed by atoms with van der Waals surface area (Å²) in [6, 6.07) is 26.0. The summed E-state index contributed by atoms with van der Waals surface area (Å²) in [7, 11) is 1.56. The van der Waals surface area contributed by atoms with Gasteiger partial charge in [-0.15, -0.1) is 0 Å². The molecular formula is C37H31NO5. The van der Waals surface area contributed by atoms with Crippen molar-refractivity contribution in [2.24, 2.45) is 5.41 Å². The monoisotopic (exact) mass is 569 g/mol. The van der Waals surface area contributed by atoms with Crippen molar-refractivity contribution in [1.82, 2.24) is 0 Å². The van der Waals surface area contributed by atoms with E-state index < -0.39 is 23.4 Å². The van der Waals surface area contributed by atoms with Crippen molar-refractivity contribution in [3.63, 3.8) is 0 Å². The van der Waals surface area contributed by atoms with E-state index in [0.29, 0.717) is 40.4 Å². The molecule has 6 nitrogen and oxygen atoms in total. The van der Waals surface area contributed by atoms with Crippen LogP contribution in [0.25, 0.3) is 6.08 Å². The Bertz CT molecular complexity index is 1800. The number of anilines is 1. The highest BCUT2D eigenvalue weighted by molar-refractivity contribution is 6.32. The first-order valence-corrected chi connectivity index (χ1v) is 14.6. The molecule has 7 rings (SSSR count). The fourth-order valence-corrected chi connectivity index (χ4v) is 7.41. The van der Waals surface area contributed by atoms with Crippen molar-refractivity contribution in [1.29, 1.82) is 0 Å². The number of ether oxygens (including phenoxy) is 2. The highest BCUT2D eigenvalue weighted by atomic mass is 16.5. The number of benzene rings is 4. The van der Waals surface area contributed by atoms with E-state index >= 15 is 0 Å². The van der Waals surface area contributed by atoms with Gasteiger partial charge in [0.15, 0.2) is 17.3 Å². The van der Waals surface area contributed by atoms with Crippen LogP contribution in [0.2, 0.25) is 0 Å². The minimum atomic E-state index is -1.59. The van der Waals surface area contributed by atoms with Gasteiger partial charge in [-0.3, -0.25) is 14.4 Å². The molecule has 3 aliphatic rings. The molecule has 1 saturated heterocycles. The number of rotatable bonds is 6. The third-order valence-electron chi connectivity index (χ3n) is 9.14. The zero-order chi connectivity index (χ0) is 29.9. The largest absolute Gasteiger partial charge is 0.497 e. The summed E-state index contributed by atoms with van der Waals surface area (Å²) < 4.78 is 11.6. The molecular weight excluding hydrogens is 538 g/mol. The van der Waals surface area contributed by atoms with Crippen molar-refractivity contribution < 1.29 is 23.9 Å². The van der Waals surface area contributed by atoms with Crippen molar-refractivity contribution in [3.05, 3.63) is 130 Å². The molecule has 2 aliphatic heterocycles. The summed E-state index contributed by atoms with van der Waals surface area (Å²) in [6.07, 6.45) is 3.93. The fourth-order valence-electron chi connectivity index (χ4n) is 7.41. The standard InChI is InChI=1S/C37H31NO5/c1-4-43-30-15-8-7-14-28(30)32-33(34(39)24-10-9-11-25(21-24)42-3)38-29-18-16-22(2)20-23(29)17-19-31(38)37(32)35(40)26-12-5-6-13-27(26)36(37)41/h5-21,31-33H,4H2,1-3H3/t31-,32+,33-/m0/s1. The maximum atomic E-state index is 14.9. The summed E-state index contributed by atoms with van der Waals surface area (Å²) >= 11 is 0. The van der Waals surface area contributed by atoms with E-state index in [4.69, 9.17) is 9.47 Å². The van der Waals surface area contributed by atoms with E-state index in [9.17, 15) is 14.4 Å². The Morgan fingerprint density at radius 1 is 0.884 bits per heavy atom. The average Bonchev–Trinajstić information content (AvgIpc) is 3.47. The van der Waals surface area contributed by atoms with Gasteiger partial charge in [-0.05, 0) is 49.7 Å². The molecule has 1 spiro atoms. The quantitative estimate of drug-likeness (QED) is 0.190. The lowest BCUT2D eigenvalue weighted by atomic mass is 9.64. The van der Waals surface area contributed by atoms with Crippen LogP contribution in [0.1, 0.15) is 60.6 Å². The minimum absolute atomic E-state index is 0.199. The molecule has 0 unspecified atom stereocenters. The van der Waals surface area contributed by atoms with Crippen molar-refractivity contribution in [3.8, 4) is 11.5 Å². The first-order valence-electron chi connectivity index (χ1n) is 14.6. The maximum Gasteiger partial charge on any atom is 0.186 e. The van der Waals surface area contributed by atoms with Gasteiger partial charge in [0.25, 0.3) is 0 Å². The number of nitrogens with zero attached hydrogens (tertiary/aromatic N) is 1. The van der Waals surface area contributed by atoms with Gasteiger partial charge in [-0.1, -0.05) is 78.4 Å². The summed E-state index contributed by atoms with van der Waals surface area (Å²) in [5.41, 5.74) is 3.12. The SMILES string of the molecule is CCOc1ccccc1[C@@H]1[C@@H](C(=O)c2cccc(OC)c2)N2c3ccc(C)cc3C=C[C@H]2C12C(=O)c1ccccc1C2=O. The van der Waals surface area contributed by atoms with E-state index in [2.05, 4.69) is 6.07 Å². The van der Waals surface area contributed by atoms with Gasteiger partial charge in [0.1, 0.15) is 23.0 Å². The molecule has 2 heterocycles. The Hall–Kier alpha value is -4.97. The molecule has 4 aromatic carbocycles. The molecule has 6 heteroatoms. The number of para-hydroxylation sites is 1. The molecule has 0 bridgehead atoms. The van der Waals surface area contributed by atoms with Crippen molar-refractivity contribution in [2.45, 2.75) is 31.8 Å². The van der Waals surface area contributed by atoms with Gasteiger partial charge in [0.2, 0.25) is 0 Å². The summed E-state index contributed by atoms with van der Waals surface area (Å²) in [5.74, 6) is -0.460. The van der Waals surface area contributed by atoms with Crippen molar-refractivity contribution in [2.75, 3.05) is 18.6 Å². The molecule has 1 fully saturated rings. The first kappa shape index (κ1) is 26.9. The smallest absolute Gasteiger partial charge is 0.186 e. The Morgan fingerprint density at radius 3 is 2.33 bits per heavy atom. The number of hydrogen-bond donors (Lipinski definition) is 0. The van der Waals surface area contributed by atoms with Gasteiger partial charge in [-0.25, -0.2) is 0 Å². The first-order chi connectivity index (χ1) is 20.9. The van der Waals surface area contributed by atoms with Gasteiger partial charge in [0.05, 0.1) is 19.8 Å². The molecule has 1 aliphatic carbocycles. The molecule has 0 radical (unpaired) electrons. The maximum absolute atomic E-state index is 14.9. The van der Waals surface area contributed by atoms with E-state index in [0.717, 1.165) is 16.8 Å². The summed E-state index contributed by atoms with van der Waals surface area (Å²) in [6.45, 7) is 4.31. The second-order valence-electron chi connectivity index (χ2n) is 11.3. The van der Waals surface area contributed by atoms with Crippen LogP contribution < -0.4 is 14.4 Å². The molecule has 3 atom stereocenters. The Morgan fingerprint density at radius 2 is 1.60 bits per heavy atom. The van der Waals surface area contributed by atoms with E-state index in [1.54, 1.807) is 55.6 Å². The molecule has 0 N–H and O–H groups in total. The Kier molecular flexibility index (Phi) is 6.31. The van der Waals surface area contributed by atoms with Crippen LogP contribution in [0.5, 0.6) is 11.5 Å². The number of fused-ring (bicyclic) bond motifs is 5. The third kappa shape index (κ3) is 3.75. The summed E-state index contributed by atoms with van der Waals surface area (Å²) in [5, 5.41) is 0. The number of methoxy groups -OCH3 is 1. The molecule has 0 aromatic heterocycles. The van der Waals surface area contributed by atoms with E-state index in [1.165, 1.54) is 0 Å². The molecule has 214 valence electrons. The highest BCUT2D eigenvalue weighted by Crippen LogP contribution is 2.62. The summed E-state index contributed by atoms with van der Waals surface area (Å²) in [4.78, 5) is 46.7. The van der Waals surface area contributed by atoms with Crippen LogP contribution in [0.3, 0.4) is 0 Å². The molecule has 43 heavy (non-hydrogen) atoms. The zero-order valence-corrected chi connectivity index (χ0v) is 24.2. The fraction of sp³-hybridized carbons (Fsp3) is 0.216.